The first kappa shape index (κ1) is 13.4. The minimum Gasteiger partial charge on any atom is -0.394 e. The molecule has 2 heteroatoms. The van der Waals surface area contributed by atoms with Gasteiger partial charge in [0.25, 0.3) is 0 Å². The number of ether oxygens (including phenoxy) is 1. The molecule has 2 nitrogen and oxygen atoms in total. The summed E-state index contributed by atoms with van der Waals surface area (Å²) in [4.78, 5) is 0. The van der Waals surface area contributed by atoms with Crippen molar-refractivity contribution in [3.05, 3.63) is 23.3 Å². The van der Waals surface area contributed by atoms with Crippen molar-refractivity contribution in [1.82, 2.24) is 0 Å². The molecule has 0 atom stereocenters. The van der Waals surface area contributed by atoms with Gasteiger partial charge in [-0.2, -0.15) is 0 Å². The van der Waals surface area contributed by atoms with Gasteiger partial charge in [0.1, 0.15) is 0 Å². The molecule has 0 aliphatic carbocycles. The van der Waals surface area contributed by atoms with E-state index in [1.807, 2.05) is 0 Å². The van der Waals surface area contributed by atoms with Crippen molar-refractivity contribution < 1.29 is 9.84 Å². The third-order valence-corrected chi connectivity index (χ3v) is 1.88. The fourth-order valence-corrected chi connectivity index (χ4v) is 1.04. The van der Waals surface area contributed by atoms with Gasteiger partial charge in [0.05, 0.1) is 19.8 Å². The zero-order chi connectivity index (χ0) is 10.8. The Labute approximate surface area is 87.3 Å². The number of hydrogen-bond donors (Lipinski definition) is 1. The summed E-state index contributed by atoms with van der Waals surface area (Å²) in [6, 6.07) is 0. The van der Waals surface area contributed by atoms with Gasteiger partial charge in [-0.25, -0.2) is 0 Å². The highest BCUT2D eigenvalue weighted by molar-refractivity contribution is 5.02. The van der Waals surface area contributed by atoms with Crippen molar-refractivity contribution in [2.75, 3.05) is 19.8 Å². The fraction of sp³-hybridized carbons (Fsp3) is 0.667. The van der Waals surface area contributed by atoms with Gasteiger partial charge in [0.2, 0.25) is 0 Å². The van der Waals surface area contributed by atoms with Gasteiger partial charge in [-0.3, -0.25) is 0 Å². The van der Waals surface area contributed by atoms with E-state index in [4.69, 9.17) is 9.84 Å². The van der Waals surface area contributed by atoms with Crippen LogP contribution in [0.15, 0.2) is 23.3 Å². The Morgan fingerprint density at radius 3 is 2.50 bits per heavy atom. The van der Waals surface area contributed by atoms with Gasteiger partial charge in [0, 0.05) is 0 Å². The molecule has 0 saturated carbocycles. The number of allylic oxidation sites excluding steroid dienone is 3. The normalized spacial score (nSPS) is 11.6. The highest BCUT2D eigenvalue weighted by atomic mass is 16.5. The summed E-state index contributed by atoms with van der Waals surface area (Å²) in [6.07, 6.45) is 6.51. The van der Waals surface area contributed by atoms with Gasteiger partial charge in [0.15, 0.2) is 0 Å². The van der Waals surface area contributed by atoms with Crippen LogP contribution in [0.3, 0.4) is 0 Å². The fourth-order valence-electron chi connectivity index (χ4n) is 1.04. The summed E-state index contributed by atoms with van der Waals surface area (Å²) in [7, 11) is 0. The van der Waals surface area contributed by atoms with Crippen molar-refractivity contribution in [2.24, 2.45) is 0 Å². The second-order valence-electron chi connectivity index (χ2n) is 3.67. The van der Waals surface area contributed by atoms with Crippen molar-refractivity contribution in [3.63, 3.8) is 0 Å². The van der Waals surface area contributed by atoms with Gasteiger partial charge in [-0.05, 0) is 33.6 Å². The van der Waals surface area contributed by atoms with E-state index < -0.39 is 0 Å². The average Bonchev–Trinajstić information content (AvgIpc) is 2.12. The first-order chi connectivity index (χ1) is 6.66. The lowest BCUT2D eigenvalue weighted by atomic mass is 10.1. The molecule has 1 N–H and O–H groups in total. The maximum Gasteiger partial charge on any atom is 0.0701 e. The Kier molecular flexibility index (Phi) is 8.59. The van der Waals surface area contributed by atoms with E-state index in [9.17, 15) is 0 Å². The predicted octanol–water partition coefficient (Wildman–Crippen LogP) is 2.69. The molecule has 0 saturated heterocycles. The first-order valence-corrected chi connectivity index (χ1v) is 5.14. The summed E-state index contributed by atoms with van der Waals surface area (Å²) in [5.41, 5.74) is 2.72. The Hall–Kier alpha value is -0.600. The van der Waals surface area contributed by atoms with Crippen LogP contribution in [-0.2, 0) is 4.74 Å². The molecule has 0 heterocycles. The number of aliphatic hydroxyl groups excluding tert-OH is 1. The van der Waals surface area contributed by atoms with Crippen LogP contribution in [0.25, 0.3) is 0 Å². The average molecular weight is 198 g/mol. The van der Waals surface area contributed by atoms with Crippen LogP contribution in [-0.4, -0.2) is 24.9 Å². The summed E-state index contributed by atoms with van der Waals surface area (Å²) < 4.78 is 5.14. The summed E-state index contributed by atoms with van der Waals surface area (Å²) in [5, 5.41) is 8.48. The highest BCUT2D eigenvalue weighted by Gasteiger charge is 1.89. The zero-order valence-corrected chi connectivity index (χ0v) is 9.55. The molecule has 0 radical (unpaired) electrons. The Balaban J connectivity index is 3.52. The van der Waals surface area contributed by atoms with Crippen molar-refractivity contribution in [2.45, 2.75) is 33.6 Å². The molecule has 0 fully saturated rings. The minimum atomic E-state index is 0.102. The summed E-state index contributed by atoms with van der Waals surface area (Å²) in [5.74, 6) is 0. The Morgan fingerprint density at radius 1 is 1.21 bits per heavy atom. The van der Waals surface area contributed by atoms with E-state index in [0.717, 1.165) is 12.8 Å². The smallest absolute Gasteiger partial charge is 0.0701 e. The molecule has 0 aromatic carbocycles. The number of hydrogen-bond acceptors (Lipinski definition) is 2. The Morgan fingerprint density at radius 2 is 1.93 bits per heavy atom. The van der Waals surface area contributed by atoms with Crippen LogP contribution in [0.2, 0.25) is 0 Å². The van der Waals surface area contributed by atoms with Gasteiger partial charge >= 0.3 is 0 Å². The first-order valence-electron chi connectivity index (χ1n) is 5.14. The van der Waals surface area contributed by atoms with E-state index in [1.54, 1.807) is 0 Å². The standard InChI is InChI=1S/C12H22O2/c1-11(2)5-4-6-12(3)7-9-14-10-8-13/h5,7,13H,4,6,8-10H2,1-3H3/b12-7-. The second kappa shape index (κ2) is 8.97. The quantitative estimate of drug-likeness (QED) is 0.503. The molecular formula is C12H22O2. The van der Waals surface area contributed by atoms with Crippen LogP contribution < -0.4 is 0 Å². The number of aliphatic hydroxyl groups is 1. The van der Waals surface area contributed by atoms with E-state index >= 15 is 0 Å². The van der Waals surface area contributed by atoms with Crippen molar-refractivity contribution in [3.8, 4) is 0 Å². The van der Waals surface area contributed by atoms with Gasteiger partial charge in [-0.15, -0.1) is 0 Å². The molecule has 0 aliphatic rings. The lowest BCUT2D eigenvalue weighted by Gasteiger charge is -2.00. The summed E-state index contributed by atoms with van der Waals surface area (Å²) >= 11 is 0. The van der Waals surface area contributed by atoms with Crippen molar-refractivity contribution in [1.29, 1.82) is 0 Å². The molecular weight excluding hydrogens is 176 g/mol. The van der Waals surface area contributed by atoms with E-state index in [-0.39, 0.29) is 6.61 Å². The monoisotopic (exact) mass is 198 g/mol. The molecule has 82 valence electrons. The molecule has 14 heavy (non-hydrogen) atoms. The minimum absolute atomic E-state index is 0.102. The second-order valence-corrected chi connectivity index (χ2v) is 3.67. The van der Waals surface area contributed by atoms with Crippen molar-refractivity contribution >= 4 is 0 Å². The van der Waals surface area contributed by atoms with E-state index in [2.05, 4.69) is 32.9 Å². The van der Waals surface area contributed by atoms with E-state index in [0.29, 0.717) is 13.2 Å². The molecule has 0 aromatic heterocycles. The SMILES string of the molecule is CC(C)=CCC/C(C)=C\COCCO. The van der Waals surface area contributed by atoms with Crippen LogP contribution in [0.4, 0.5) is 0 Å². The molecule has 0 aromatic rings. The summed E-state index contributed by atoms with van der Waals surface area (Å²) in [6.45, 7) is 7.48. The van der Waals surface area contributed by atoms with E-state index in [1.165, 1.54) is 11.1 Å². The lowest BCUT2D eigenvalue weighted by Crippen LogP contribution is -1.98. The van der Waals surface area contributed by atoms with Crippen LogP contribution in [0.1, 0.15) is 33.6 Å². The Bertz CT molecular complexity index is 188. The number of rotatable bonds is 7. The highest BCUT2D eigenvalue weighted by Crippen LogP contribution is 2.06. The van der Waals surface area contributed by atoms with Gasteiger partial charge < -0.3 is 9.84 Å². The molecule has 0 amide bonds. The van der Waals surface area contributed by atoms with Crippen LogP contribution in [0.5, 0.6) is 0 Å². The topological polar surface area (TPSA) is 29.5 Å². The lowest BCUT2D eigenvalue weighted by molar-refractivity contribution is 0.111. The molecule has 0 rings (SSSR count). The maximum atomic E-state index is 8.48. The molecule has 0 spiro atoms. The zero-order valence-electron chi connectivity index (χ0n) is 9.55. The van der Waals surface area contributed by atoms with Crippen LogP contribution >= 0.6 is 0 Å². The molecule has 0 aliphatic heterocycles. The third kappa shape index (κ3) is 9.49. The van der Waals surface area contributed by atoms with Gasteiger partial charge in [-0.1, -0.05) is 23.3 Å². The maximum absolute atomic E-state index is 8.48. The third-order valence-electron chi connectivity index (χ3n) is 1.88. The predicted molar refractivity (Wildman–Crippen MR) is 60.3 cm³/mol. The largest absolute Gasteiger partial charge is 0.394 e. The molecule has 0 bridgehead atoms. The molecule has 0 unspecified atom stereocenters. The van der Waals surface area contributed by atoms with Crippen LogP contribution in [0, 0.1) is 0 Å².